The first-order chi connectivity index (χ1) is 13.1. The summed E-state index contributed by atoms with van der Waals surface area (Å²) in [5, 5.41) is 12.5. The number of carboxylic acids is 1. The highest BCUT2D eigenvalue weighted by Crippen LogP contribution is 2.33. The number of pyridine rings is 2. The molecule has 1 N–H and O–H groups in total. The van der Waals surface area contributed by atoms with Gasteiger partial charge < -0.3 is 5.11 Å². The zero-order valence-corrected chi connectivity index (χ0v) is 16.5. The lowest BCUT2D eigenvalue weighted by molar-refractivity contribution is -0.143. The molecule has 3 aromatic rings. The van der Waals surface area contributed by atoms with Crippen LogP contribution in [0.5, 0.6) is 0 Å². The van der Waals surface area contributed by atoms with Crippen molar-refractivity contribution in [1.29, 1.82) is 0 Å². The highest BCUT2D eigenvalue weighted by molar-refractivity contribution is 14.1. The van der Waals surface area contributed by atoms with Gasteiger partial charge in [0.1, 0.15) is 10.6 Å². The van der Waals surface area contributed by atoms with Crippen molar-refractivity contribution in [2.45, 2.75) is 10.6 Å². The van der Waals surface area contributed by atoms with Gasteiger partial charge in [0, 0.05) is 10.6 Å². The number of aromatic carboxylic acids is 1. The molecule has 3 heterocycles. The van der Waals surface area contributed by atoms with Gasteiger partial charge in [0.15, 0.2) is 11.5 Å². The predicted molar refractivity (Wildman–Crippen MR) is 102 cm³/mol. The largest absolute Gasteiger partial charge is 0.478 e. The van der Waals surface area contributed by atoms with Gasteiger partial charge in [0.2, 0.25) is 0 Å². The first kappa shape index (κ1) is 20.3. The van der Waals surface area contributed by atoms with E-state index >= 15 is 0 Å². The van der Waals surface area contributed by atoms with E-state index in [2.05, 4.69) is 32.7 Å². The number of nitrogens with zero attached hydrogens (tertiary/aromatic N) is 4. The predicted octanol–water partition coefficient (Wildman–Crippen LogP) is 3.72. The van der Waals surface area contributed by atoms with Gasteiger partial charge in [0.25, 0.3) is 5.56 Å². The molecule has 0 radical (unpaired) electrons. The van der Waals surface area contributed by atoms with Crippen LogP contribution in [0.2, 0.25) is 5.02 Å². The Balaban J connectivity index is 2.07. The van der Waals surface area contributed by atoms with E-state index in [1.807, 2.05) is 0 Å². The Morgan fingerprint density at radius 2 is 1.96 bits per heavy atom. The molecule has 0 bridgehead atoms. The Morgan fingerprint density at radius 1 is 1.25 bits per heavy atom. The smallest absolute Gasteiger partial charge is 0.434 e. The molecule has 0 aromatic carbocycles. The van der Waals surface area contributed by atoms with Crippen LogP contribution in [0.1, 0.15) is 21.6 Å². The van der Waals surface area contributed by atoms with Crippen molar-refractivity contribution in [2.75, 3.05) is 0 Å². The molecule has 3 aromatic heterocycles. The van der Waals surface area contributed by atoms with Crippen LogP contribution < -0.4 is 5.56 Å². The minimum atomic E-state index is -4.95. The minimum Gasteiger partial charge on any atom is -0.478 e. The highest BCUT2D eigenvalue weighted by Gasteiger charge is 2.40. The fraction of sp³-hybridized carbons (Fsp3) is 0.125. The van der Waals surface area contributed by atoms with Crippen molar-refractivity contribution in [1.82, 2.24) is 19.3 Å². The highest BCUT2D eigenvalue weighted by atomic mass is 127. The average molecular weight is 525 g/mol. The standard InChI is InChI=1S/C16H9ClF3IN4O3/c17-12-8(5-21)3-4-24(14(12)26)9-1-2-11(22-6-9)25-13(16(18,19)20)10(7-23-25)15(27)28/h1-4,6-7H,5H2,(H,27,28). The quantitative estimate of drug-likeness (QED) is 0.415. The molecule has 0 aliphatic carbocycles. The van der Waals surface area contributed by atoms with Crippen LogP contribution in [0.4, 0.5) is 13.2 Å². The number of carbonyl (C=O) groups is 1. The van der Waals surface area contributed by atoms with Crippen LogP contribution in [0.3, 0.4) is 0 Å². The summed E-state index contributed by atoms with van der Waals surface area (Å²) in [6.07, 6.45) is -1.70. The third-order valence-electron chi connectivity index (χ3n) is 3.75. The summed E-state index contributed by atoms with van der Waals surface area (Å²) >= 11 is 8.09. The second-order valence-corrected chi connectivity index (χ2v) is 6.60. The molecule has 0 unspecified atom stereocenters. The molecule has 3 rings (SSSR count). The number of halogens is 5. The molecule has 0 saturated carbocycles. The molecule has 0 amide bonds. The monoisotopic (exact) mass is 524 g/mol. The van der Waals surface area contributed by atoms with Crippen LogP contribution >= 0.6 is 34.2 Å². The third-order valence-corrected chi connectivity index (χ3v) is 4.98. The van der Waals surface area contributed by atoms with E-state index in [1.165, 1.54) is 29.1 Å². The van der Waals surface area contributed by atoms with Crippen LogP contribution in [-0.4, -0.2) is 30.4 Å². The Kier molecular flexibility index (Phi) is 5.48. The molecule has 0 fully saturated rings. The molecule has 0 aliphatic heterocycles. The lowest BCUT2D eigenvalue weighted by Crippen LogP contribution is -2.20. The number of hydrogen-bond acceptors (Lipinski definition) is 4. The lowest BCUT2D eigenvalue weighted by atomic mass is 10.2. The van der Waals surface area contributed by atoms with Gasteiger partial charge in [-0.15, -0.1) is 0 Å². The van der Waals surface area contributed by atoms with Crippen molar-refractivity contribution >= 4 is 40.2 Å². The molecule has 7 nitrogen and oxygen atoms in total. The van der Waals surface area contributed by atoms with Crippen LogP contribution in [-0.2, 0) is 10.6 Å². The molecule has 0 saturated heterocycles. The summed E-state index contributed by atoms with van der Waals surface area (Å²) in [5.74, 6) is -2.02. The summed E-state index contributed by atoms with van der Waals surface area (Å²) < 4.78 is 42.0. The van der Waals surface area contributed by atoms with Gasteiger partial charge in [-0.05, 0) is 23.8 Å². The molecule has 12 heteroatoms. The Morgan fingerprint density at radius 3 is 2.50 bits per heavy atom. The summed E-state index contributed by atoms with van der Waals surface area (Å²) in [6.45, 7) is 0. The summed E-state index contributed by atoms with van der Waals surface area (Å²) in [4.78, 5) is 27.3. The van der Waals surface area contributed by atoms with Gasteiger partial charge in [-0.2, -0.15) is 18.3 Å². The minimum absolute atomic E-state index is 0.0403. The van der Waals surface area contributed by atoms with Crippen molar-refractivity contribution in [2.24, 2.45) is 0 Å². The van der Waals surface area contributed by atoms with E-state index < -0.39 is 29.0 Å². The Bertz CT molecular complexity index is 1110. The molecular formula is C16H9ClF3IN4O3. The van der Waals surface area contributed by atoms with Gasteiger partial charge in [-0.3, -0.25) is 9.36 Å². The van der Waals surface area contributed by atoms with Crippen molar-refractivity contribution < 1.29 is 23.1 Å². The van der Waals surface area contributed by atoms with Crippen LogP contribution in [0, 0.1) is 0 Å². The van der Waals surface area contributed by atoms with E-state index in [1.54, 1.807) is 6.07 Å². The van der Waals surface area contributed by atoms with E-state index in [0.717, 1.165) is 0 Å². The van der Waals surface area contributed by atoms with E-state index in [0.29, 0.717) is 20.9 Å². The number of alkyl halides is 4. The topological polar surface area (TPSA) is 90.0 Å². The van der Waals surface area contributed by atoms with E-state index in [4.69, 9.17) is 16.7 Å². The maximum absolute atomic E-state index is 13.3. The van der Waals surface area contributed by atoms with Crippen LogP contribution in [0.15, 0.2) is 41.6 Å². The summed E-state index contributed by atoms with van der Waals surface area (Å²) in [7, 11) is 0. The summed E-state index contributed by atoms with van der Waals surface area (Å²) in [5.41, 5.74) is -2.01. The fourth-order valence-electron chi connectivity index (χ4n) is 2.45. The number of hydrogen-bond donors (Lipinski definition) is 1. The number of rotatable bonds is 4. The Hall–Kier alpha value is -2.41. The van der Waals surface area contributed by atoms with Crippen molar-refractivity contribution in [3.05, 3.63) is 69.0 Å². The fourth-order valence-corrected chi connectivity index (χ4v) is 3.53. The molecule has 0 spiro atoms. The molecule has 0 atom stereocenters. The zero-order chi connectivity index (χ0) is 20.6. The number of carboxylic acid groups (broad SMARTS) is 1. The molecule has 28 heavy (non-hydrogen) atoms. The normalized spacial score (nSPS) is 11.6. The van der Waals surface area contributed by atoms with E-state index in [-0.39, 0.29) is 16.5 Å². The van der Waals surface area contributed by atoms with Gasteiger partial charge >= 0.3 is 12.1 Å². The van der Waals surface area contributed by atoms with Gasteiger partial charge in [-0.25, -0.2) is 14.5 Å². The van der Waals surface area contributed by atoms with Crippen LogP contribution in [0.25, 0.3) is 11.5 Å². The maximum Gasteiger partial charge on any atom is 0.434 e. The maximum atomic E-state index is 13.3. The molecule has 146 valence electrons. The number of aromatic nitrogens is 4. The van der Waals surface area contributed by atoms with Crippen molar-refractivity contribution in [3.63, 3.8) is 0 Å². The zero-order valence-electron chi connectivity index (χ0n) is 13.6. The first-order valence-electron chi connectivity index (χ1n) is 7.46. The molecule has 0 aliphatic rings. The first-order valence-corrected chi connectivity index (χ1v) is 9.36. The lowest BCUT2D eigenvalue weighted by Gasteiger charge is -2.12. The van der Waals surface area contributed by atoms with Crippen molar-refractivity contribution in [3.8, 4) is 11.5 Å². The van der Waals surface area contributed by atoms with Gasteiger partial charge in [-0.1, -0.05) is 34.2 Å². The summed E-state index contributed by atoms with van der Waals surface area (Å²) in [6, 6.07) is 4.19. The average Bonchev–Trinajstić information content (AvgIpc) is 3.10. The second kappa shape index (κ2) is 7.54. The molecular weight excluding hydrogens is 516 g/mol. The second-order valence-electron chi connectivity index (χ2n) is 5.46. The Labute approximate surface area is 173 Å². The van der Waals surface area contributed by atoms with Gasteiger partial charge in [0.05, 0.1) is 18.1 Å². The third kappa shape index (κ3) is 3.63. The SMILES string of the molecule is O=C(O)c1cnn(-c2ccc(-n3ccc(CI)c(Cl)c3=O)cn2)c1C(F)(F)F. The van der Waals surface area contributed by atoms with E-state index in [9.17, 15) is 22.8 Å².